The Hall–Kier alpha value is -1.68. The van der Waals surface area contributed by atoms with E-state index in [9.17, 15) is 0 Å². The summed E-state index contributed by atoms with van der Waals surface area (Å²) in [6.45, 7) is 2.02. The zero-order valence-corrected chi connectivity index (χ0v) is 10.8. The molecule has 0 saturated carbocycles. The first-order chi connectivity index (χ1) is 8.66. The molecule has 2 N–H and O–H groups in total. The van der Waals surface area contributed by atoms with Crippen molar-refractivity contribution in [1.29, 1.82) is 0 Å². The molecule has 4 heteroatoms. The van der Waals surface area contributed by atoms with Crippen molar-refractivity contribution >= 4 is 0 Å². The minimum Gasteiger partial charge on any atom is -0.323 e. The maximum absolute atomic E-state index is 6.44. The summed E-state index contributed by atoms with van der Waals surface area (Å²) in [5.41, 5.74) is 11.1. The van der Waals surface area contributed by atoms with Gasteiger partial charge in [0.05, 0.1) is 5.69 Å². The van der Waals surface area contributed by atoms with Gasteiger partial charge in [-0.25, -0.2) is 0 Å². The number of pyridine rings is 1. The predicted octanol–water partition coefficient (Wildman–Crippen LogP) is 1.85. The van der Waals surface area contributed by atoms with Crippen molar-refractivity contribution in [3.8, 4) is 0 Å². The smallest absolute Gasteiger partial charge is 0.0641 e. The van der Waals surface area contributed by atoms with E-state index in [-0.39, 0.29) is 6.04 Å². The average Bonchev–Trinajstić information content (AvgIpc) is 2.92. The van der Waals surface area contributed by atoms with Gasteiger partial charge >= 0.3 is 0 Å². The highest BCUT2D eigenvalue weighted by Gasteiger charge is 2.31. The third kappa shape index (κ3) is 1.73. The molecule has 1 aliphatic carbocycles. The summed E-state index contributed by atoms with van der Waals surface area (Å²) in [5, 5.41) is 4.38. The molecule has 3 rings (SSSR count). The molecule has 0 saturated heterocycles. The Labute approximate surface area is 107 Å². The molecule has 0 spiro atoms. The van der Waals surface area contributed by atoms with E-state index < -0.39 is 0 Å². The van der Waals surface area contributed by atoms with Gasteiger partial charge in [0.15, 0.2) is 0 Å². The van der Waals surface area contributed by atoms with Crippen molar-refractivity contribution < 1.29 is 0 Å². The summed E-state index contributed by atoms with van der Waals surface area (Å²) in [7, 11) is 1.93. The summed E-state index contributed by atoms with van der Waals surface area (Å²) < 4.78 is 1.83. The van der Waals surface area contributed by atoms with Crippen molar-refractivity contribution in [1.82, 2.24) is 14.8 Å². The Morgan fingerprint density at radius 2 is 2.33 bits per heavy atom. The van der Waals surface area contributed by atoms with E-state index in [1.807, 2.05) is 37.1 Å². The van der Waals surface area contributed by atoms with Crippen LogP contribution < -0.4 is 5.73 Å². The zero-order chi connectivity index (χ0) is 12.7. The van der Waals surface area contributed by atoms with Gasteiger partial charge in [0.1, 0.15) is 0 Å². The van der Waals surface area contributed by atoms with Crippen LogP contribution in [0, 0.1) is 6.92 Å². The molecule has 94 valence electrons. The van der Waals surface area contributed by atoms with Crippen LogP contribution in [0.5, 0.6) is 0 Å². The quantitative estimate of drug-likeness (QED) is 0.874. The number of aromatic nitrogens is 3. The molecule has 2 unspecified atom stereocenters. The average molecular weight is 242 g/mol. The molecule has 0 amide bonds. The third-order valence-corrected chi connectivity index (χ3v) is 3.85. The Bertz CT molecular complexity index is 573. The number of nitrogens with zero attached hydrogens (tertiary/aromatic N) is 3. The fraction of sp³-hybridized carbons (Fsp3) is 0.429. The van der Waals surface area contributed by atoms with Gasteiger partial charge in [-0.05, 0) is 31.4 Å². The van der Waals surface area contributed by atoms with Crippen molar-refractivity contribution in [3.05, 3.63) is 47.0 Å². The lowest BCUT2D eigenvalue weighted by Gasteiger charge is -2.18. The van der Waals surface area contributed by atoms with Crippen LogP contribution in [0.4, 0.5) is 0 Å². The molecule has 4 nitrogen and oxygen atoms in total. The molecule has 0 aromatic carbocycles. The van der Waals surface area contributed by atoms with Gasteiger partial charge in [0.2, 0.25) is 0 Å². The van der Waals surface area contributed by atoms with Gasteiger partial charge in [0.25, 0.3) is 0 Å². The van der Waals surface area contributed by atoms with E-state index in [1.54, 1.807) is 0 Å². The lowest BCUT2D eigenvalue weighted by Crippen LogP contribution is -2.19. The van der Waals surface area contributed by atoms with Gasteiger partial charge in [-0.3, -0.25) is 9.67 Å². The summed E-state index contributed by atoms with van der Waals surface area (Å²) in [6, 6.07) is 4.16. The fourth-order valence-corrected chi connectivity index (χ4v) is 2.96. The second-order valence-corrected chi connectivity index (χ2v) is 5.06. The fourth-order valence-electron chi connectivity index (χ4n) is 2.96. The van der Waals surface area contributed by atoms with Crippen molar-refractivity contribution in [3.63, 3.8) is 0 Å². The molecule has 2 aromatic rings. The molecule has 1 aliphatic rings. The molecule has 2 aromatic heterocycles. The maximum atomic E-state index is 6.44. The normalized spacial score (nSPS) is 19.8. The van der Waals surface area contributed by atoms with Gasteiger partial charge < -0.3 is 5.73 Å². The maximum Gasteiger partial charge on any atom is 0.0641 e. The van der Waals surface area contributed by atoms with Crippen molar-refractivity contribution in [2.75, 3.05) is 0 Å². The Balaban J connectivity index is 1.95. The number of nitrogens with two attached hydrogens (primary N) is 1. The van der Waals surface area contributed by atoms with E-state index in [0.29, 0.717) is 5.92 Å². The minimum atomic E-state index is -0.00477. The van der Waals surface area contributed by atoms with E-state index in [4.69, 9.17) is 5.73 Å². The number of aryl methyl sites for hydroxylation is 3. The van der Waals surface area contributed by atoms with Crippen LogP contribution in [0.2, 0.25) is 0 Å². The van der Waals surface area contributed by atoms with Crippen molar-refractivity contribution in [2.24, 2.45) is 12.8 Å². The van der Waals surface area contributed by atoms with E-state index in [1.165, 1.54) is 11.3 Å². The topological polar surface area (TPSA) is 56.7 Å². The summed E-state index contributed by atoms with van der Waals surface area (Å²) in [6.07, 6.45) is 6.06. The molecule has 2 heterocycles. The first kappa shape index (κ1) is 11.4. The second-order valence-electron chi connectivity index (χ2n) is 5.06. The Morgan fingerprint density at radius 3 is 3.06 bits per heavy atom. The molecule has 0 bridgehead atoms. The lowest BCUT2D eigenvalue weighted by molar-refractivity contribution is 0.539. The van der Waals surface area contributed by atoms with Gasteiger partial charge in [-0.15, -0.1) is 0 Å². The van der Waals surface area contributed by atoms with Crippen LogP contribution >= 0.6 is 0 Å². The highest BCUT2D eigenvalue weighted by Crippen LogP contribution is 2.39. The van der Waals surface area contributed by atoms with Crippen LogP contribution in [-0.2, 0) is 13.5 Å². The highest BCUT2D eigenvalue weighted by atomic mass is 15.2. The Morgan fingerprint density at radius 1 is 1.50 bits per heavy atom. The summed E-state index contributed by atoms with van der Waals surface area (Å²) in [5.74, 6) is 0.323. The zero-order valence-electron chi connectivity index (χ0n) is 10.8. The molecule has 0 aliphatic heterocycles. The van der Waals surface area contributed by atoms with Crippen molar-refractivity contribution in [2.45, 2.75) is 31.7 Å². The van der Waals surface area contributed by atoms with Gasteiger partial charge in [-0.2, -0.15) is 5.10 Å². The summed E-state index contributed by atoms with van der Waals surface area (Å²) >= 11 is 0. The molecule has 0 fully saturated rings. The highest BCUT2D eigenvalue weighted by molar-refractivity contribution is 5.33. The van der Waals surface area contributed by atoms with Gasteiger partial charge in [0, 0.05) is 42.7 Å². The van der Waals surface area contributed by atoms with Gasteiger partial charge in [-0.1, -0.05) is 6.07 Å². The summed E-state index contributed by atoms with van der Waals surface area (Å²) in [4.78, 5) is 4.52. The van der Waals surface area contributed by atoms with Crippen LogP contribution in [-0.4, -0.2) is 14.8 Å². The molecule has 18 heavy (non-hydrogen) atoms. The van der Waals surface area contributed by atoms with E-state index >= 15 is 0 Å². The first-order valence-corrected chi connectivity index (χ1v) is 6.36. The Kier molecular flexibility index (Phi) is 2.67. The molecular formula is C14H18N4. The van der Waals surface area contributed by atoms with E-state index in [2.05, 4.69) is 16.1 Å². The van der Waals surface area contributed by atoms with Crippen LogP contribution in [0.25, 0.3) is 0 Å². The first-order valence-electron chi connectivity index (χ1n) is 6.36. The largest absolute Gasteiger partial charge is 0.323 e. The standard InChI is InChI=1S/C14H18N4/c1-9-12(8-18(2)17-9)13(15)11-6-5-10-4-3-7-16-14(10)11/h3-4,7-8,11,13H,5-6,15H2,1-2H3. The molecule has 0 radical (unpaired) electrons. The SMILES string of the molecule is Cc1nn(C)cc1C(N)C1CCc2cccnc21. The minimum absolute atomic E-state index is 0.00477. The lowest BCUT2D eigenvalue weighted by atomic mass is 9.92. The predicted molar refractivity (Wildman–Crippen MR) is 70.2 cm³/mol. The second kappa shape index (κ2) is 4.21. The monoisotopic (exact) mass is 242 g/mol. The number of rotatable bonds is 2. The molecular weight excluding hydrogens is 224 g/mol. The number of hydrogen-bond donors (Lipinski definition) is 1. The third-order valence-electron chi connectivity index (χ3n) is 3.85. The van der Waals surface area contributed by atoms with Crippen LogP contribution in [0.3, 0.4) is 0 Å². The van der Waals surface area contributed by atoms with Crippen LogP contribution in [0.15, 0.2) is 24.5 Å². The molecule has 2 atom stereocenters. The van der Waals surface area contributed by atoms with Crippen LogP contribution in [0.1, 0.15) is 40.9 Å². The number of hydrogen-bond acceptors (Lipinski definition) is 3. The number of fused-ring (bicyclic) bond motifs is 1. The van der Waals surface area contributed by atoms with E-state index in [0.717, 1.165) is 24.1 Å².